The van der Waals surface area contributed by atoms with Crippen LogP contribution in [0, 0.1) is 11.3 Å². The van der Waals surface area contributed by atoms with Crippen molar-refractivity contribution in [2.24, 2.45) is 5.73 Å². The van der Waals surface area contributed by atoms with Crippen molar-refractivity contribution in [3.63, 3.8) is 0 Å². The van der Waals surface area contributed by atoms with E-state index in [0.29, 0.717) is 6.04 Å². The molecule has 0 rings (SSSR count). The first-order valence-corrected chi connectivity index (χ1v) is 5.35. The van der Waals surface area contributed by atoms with Gasteiger partial charge in [-0.15, -0.1) is 0 Å². The highest BCUT2D eigenvalue weighted by molar-refractivity contribution is 5.03. The van der Waals surface area contributed by atoms with Gasteiger partial charge in [0.1, 0.15) is 5.54 Å². The van der Waals surface area contributed by atoms with Gasteiger partial charge in [-0.3, -0.25) is 0 Å². The van der Waals surface area contributed by atoms with Crippen LogP contribution in [0.15, 0.2) is 0 Å². The molecule has 0 radical (unpaired) electrons. The Hall–Kier alpha value is -0.590. The molecule has 0 aromatic rings. The molecule has 0 aromatic heterocycles. The van der Waals surface area contributed by atoms with Gasteiger partial charge >= 0.3 is 0 Å². The normalized spacial score (nSPS) is 15.6. The average Bonchev–Trinajstić information content (AvgIpc) is 2.17. The second-order valence-electron chi connectivity index (χ2n) is 4.30. The van der Waals surface area contributed by atoms with Crippen molar-refractivity contribution < 1.29 is 0 Å². The van der Waals surface area contributed by atoms with E-state index >= 15 is 0 Å². The van der Waals surface area contributed by atoms with Gasteiger partial charge in [0.25, 0.3) is 0 Å². The summed E-state index contributed by atoms with van der Waals surface area (Å²) in [5.74, 6) is 0. The monoisotopic (exact) mass is 197 g/mol. The van der Waals surface area contributed by atoms with Crippen LogP contribution in [0.25, 0.3) is 0 Å². The lowest BCUT2D eigenvalue weighted by atomic mass is 9.93. The molecule has 2 N–H and O–H groups in total. The number of hydrogen-bond donors (Lipinski definition) is 1. The van der Waals surface area contributed by atoms with Crippen LogP contribution in [-0.2, 0) is 0 Å². The minimum absolute atomic E-state index is 0.561. The van der Waals surface area contributed by atoms with Crippen molar-refractivity contribution in [3.8, 4) is 6.07 Å². The lowest BCUT2D eigenvalue weighted by Gasteiger charge is -2.24. The molecule has 0 heterocycles. The van der Waals surface area contributed by atoms with Gasteiger partial charge in [0.05, 0.1) is 6.07 Å². The molecule has 0 aromatic carbocycles. The van der Waals surface area contributed by atoms with Crippen LogP contribution >= 0.6 is 0 Å². The molecule has 0 amide bonds. The first-order valence-electron chi connectivity index (χ1n) is 5.35. The van der Waals surface area contributed by atoms with E-state index in [1.807, 2.05) is 6.92 Å². The predicted molar refractivity (Wildman–Crippen MR) is 59.8 cm³/mol. The third-order valence-corrected chi connectivity index (χ3v) is 2.87. The Labute approximate surface area is 87.9 Å². The highest BCUT2D eigenvalue weighted by atomic mass is 15.1. The van der Waals surface area contributed by atoms with E-state index in [1.54, 1.807) is 0 Å². The van der Waals surface area contributed by atoms with Crippen molar-refractivity contribution in [1.82, 2.24) is 4.90 Å². The minimum Gasteiger partial charge on any atom is -0.313 e. The molecular weight excluding hydrogens is 174 g/mol. The fourth-order valence-electron chi connectivity index (χ4n) is 1.21. The molecule has 0 aliphatic rings. The van der Waals surface area contributed by atoms with Gasteiger partial charge in [-0.25, -0.2) is 0 Å². The molecule has 0 spiro atoms. The summed E-state index contributed by atoms with van der Waals surface area (Å²) in [7, 11) is 2.10. The summed E-state index contributed by atoms with van der Waals surface area (Å²) in [6, 6.07) is 2.75. The predicted octanol–water partition coefficient (Wildman–Crippen LogP) is 1.74. The highest BCUT2D eigenvalue weighted by Crippen LogP contribution is 2.13. The average molecular weight is 197 g/mol. The van der Waals surface area contributed by atoms with Gasteiger partial charge in [0.2, 0.25) is 0 Å². The van der Waals surface area contributed by atoms with Gasteiger partial charge in [-0.05, 0) is 46.7 Å². The molecule has 0 bridgehead atoms. The van der Waals surface area contributed by atoms with E-state index in [-0.39, 0.29) is 0 Å². The lowest BCUT2D eigenvalue weighted by Crippen LogP contribution is -2.38. The molecule has 0 aliphatic carbocycles. The van der Waals surface area contributed by atoms with Crippen LogP contribution in [-0.4, -0.2) is 30.1 Å². The lowest BCUT2D eigenvalue weighted by molar-refractivity contribution is 0.260. The molecule has 0 aliphatic heterocycles. The Morgan fingerprint density at radius 3 is 2.43 bits per heavy atom. The zero-order valence-electron chi connectivity index (χ0n) is 9.88. The number of nitrogens with zero attached hydrogens (tertiary/aromatic N) is 2. The highest BCUT2D eigenvalue weighted by Gasteiger charge is 2.21. The third kappa shape index (κ3) is 4.59. The summed E-state index contributed by atoms with van der Waals surface area (Å²) in [5, 5.41) is 8.87. The Balaban J connectivity index is 3.79. The molecule has 3 heteroatoms. The second-order valence-corrected chi connectivity index (χ2v) is 4.30. The molecule has 0 saturated heterocycles. The molecule has 14 heavy (non-hydrogen) atoms. The van der Waals surface area contributed by atoms with E-state index in [4.69, 9.17) is 11.0 Å². The van der Waals surface area contributed by atoms with Crippen molar-refractivity contribution in [3.05, 3.63) is 0 Å². The summed E-state index contributed by atoms with van der Waals surface area (Å²) >= 11 is 0. The second kappa shape index (κ2) is 6.00. The van der Waals surface area contributed by atoms with Crippen LogP contribution in [0.2, 0.25) is 0 Å². The quantitative estimate of drug-likeness (QED) is 0.705. The maximum atomic E-state index is 8.87. The van der Waals surface area contributed by atoms with Gasteiger partial charge in [0, 0.05) is 6.04 Å². The minimum atomic E-state index is -0.613. The van der Waals surface area contributed by atoms with E-state index in [1.165, 1.54) is 0 Å². The largest absolute Gasteiger partial charge is 0.313 e. The molecule has 0 fully saturated rings. The zero-order chi connectivity index (χ0) is 11.2. The summed E-state index contributed by atoms with van der Waals surface area (Å²) in [4.78, 5) is 2.27. The van der Waals surface area contributed by atoms with Gasteiger partial charge in [0.15, 0.2) is 0 Å². The maximum Gasteiger partial charge on any atom is 0.104 e. The fraction of sp³-hybridized carbons (Fsp3) is 0.909. The SMILES string of the molecule is CCC(N)(C#N)CCCN(C)C(C)C. The van der Waals surface area contributed by atoms with Crippen molar-refractivity contribution in [1.29, 1.82) is 5.26 Å². The van der Waals surface area contributed by atoms with E-state index < -0.39 is 5.54 Å². The van der Waals surface area contributed by atoms with E-state index in [9.17, 15) is 0 Å². The summed E-state index contributed by atoms with van der Waals surface area (Å²) < 4.78 is 0. The number of hydrogen-bond acceptors (Lipinski definition) is 3. The van der Waals surface area contributed by atoms with E-state index in [2.05, 4.69) is 31.9 Å². The standard InChI is InChI=1S/C11H23N3/c1-5-11(13,9-12)7-6-8-14(4)10(2)3/h10H,5-8,13H2,1-4H3. The summed E-state index contributed by atoms with van der Waals surface area (Å²) in [6.07, 6.45) is 2.51. The topological polar surface area (TPSA) is 53.1 Å². The van der Waals surface area contributed by atoms with Gasteiger partial charge in [-0.1, -0.05) is 6.92 Å². The Bertz CT molecular complexity index is 195. The Morgan fingerprint density at radius 2 is 2.07 bits per heavy atom. The van der Waals surface area contributed by atoms with Gasteiger partial charge in [-0.2, -0.15) is 5.26 Å². The zero-order valence-corrected chi connectivity index (χ0v) is 9.88. The molecular formula is C11H23N3. The maximum absolute atomic E-state index is 8.87. The van der Waals surface area contributed by atoms with Crippen LogP contribution in [0.3, 0.4) is 0 Å². The van der Waals surface area contributed by atoms with Crippen molar-refractivity contribution in [2.75, 3.05) is 13.6 Å². The molecule has 1 atom stereocenters. The fourth-order valence-corrected chi connectivity index (χ4v) is 1.21. The Kier molecular flexibility index (Phi) is 5.75. The van der Waals surface area contributed by atoms with Crippen LogP contribution < -0.4 is 5.73 Å². The summed E-state index contributed by atoms with van der Waals surface area (Å²) in [6.45, 7) is 7.31. The van der Waals surface area contributed by atoms with Crippen LogP contribution in [0.5, 0.6) is 0 Å². The van der Waals surface area contributed by atoms with Gasteiger partial charge < -0.3 is 10.6 Å². The summed E-state index contributed by atoms with van der Waals surface area (Å²) in [5.41, 5.74) is 5.27. The Morgan fingerprint density at radius 1 is 1.50 bits per heavy atom. The third-order valence-electron chi connectivity index (χ3n) is 2.87. The molecule has 3 nitrogen and oxygen atoms in total. The van der Waals surface area contributed by atoms with Crippen LogP contribution in [0.1, 0.15) is 40.0 Å². The van der Waals surface area contributed by atoms with Crippen LogP contribution in [0.4, 0.5) is 0 Å². The number of rotatable bonds is 6. The molecule has 82 valence electrons. The van der Waals surface area contributed by atoms with Crippen molar-refractivity contribution >= 4 is 0 Å². The first-order chi connectivity index (χ1) is 6.45. The first kappa shape index (κ1) is 13.4. The van der Waals surface area contributed by atoms with E-state index in [0.717, 1.165) is 25.8 Å². The number of nitrogens with two attached hydrogens (primary N) is 1. The smallest absolute Gasteiger partial charge is 0.104 e. The molecule has 1 unspecified atom stereocenters. The molecule has 0 saturated carbocycles. The van der Waals surface area contributed by atoms with Crippen molar-refractivity contribution in [2.45, 2.75) is 51.6 Å². The number of nitriles is 1.